The van der Waals surface area contributed by atoms with E-state index >= 15 is 0 Å². The summed E-state index contributed by atoms with van der Waals surface area (Å²) in [7, 11) is 3.57. The maximum absolute atomic E-state index is 4.67. The van der Waals surface area contributed by atoms with Crippen LogP contribution >= 0.6 is 32.3 Å². The Bertz CT molecular complexity index is 53.1. The average Bonchev–Trinajstić information content (AvgIpc) is 1.93. The van der Waals surface area contributed by atoms with Gasteiger partial charge in [0.2, 0.25) is 0 Å². The molecule has 0 rings (SSSR count). The fourth-order valence-electron chi connectivity index (χ4n) is 0.224. The molecule has 0 aromatic rings. The molecule has 0 saturated carbocycles. The molecule has 0 aliphatic carbocycles. The summed E-state index contributed by atoms with van der Waals surface area (Å²) < 4.78 is 17.2. The van der Waals surface area contributed by atoms with E-state index in [1.807, 2.05) is 0 Å². The fraction of sp³-hybridized carbons (Fsp3) is 1.00. The van der Waals surface area contributed by atoms with Crippen LogP contribution in [0.5, 0.6) is 0 Å². The molecule has 0 aromatic heterocycles. The van der Waals surface area contributed by atoms with Crippen LogP contribution in [0.3, 0.4) is 0 Å². The van der Waals surface area contributed by atoms with Crippen molar-refractivity contribution in [1.29, 1.82) is 0 Å². The molecule has 0 saturated heterocycles. The number of rotatable bonds is 3. The van der Waals surface area contributed by atoms with Crippen molar-refractivity contribution in [3.05, 3.63) is 0 Å². The van der Waals surface area contributed by atoms with E-state index in [0.717, 1.165) is 0 Å². The van der Waals surface area contributed by atoms with E-state index in [0.29, 0.717) is 0 Å². The predicted molar refractivity (Wildman–Crippen MR) is 49.3 cm³/mol. The molecule has 72 valence electrons. The third kappa shape index (κ3) is 18.4. The topological polar surface area (TPSA) is 36.9 Å². The molecule has 0 fully saturated rings. The first-order valence-electron chi connectivity index (χ1n) is 2.08. The summed E-state index contributed by atoms with van der Waals surface area (Å²) in [5.41, 5.74) is 0. The second kappa shape index (κ2) is 17.5. The van der Waals surface area contributed by atoms with Crippen molar-refractivity contribution in [2.24, 2.45) is 0 Å². The molecular formula is C3H11Cl2O4PSe. The molecule has 0 N–H and O–H groups in total. The maximum atomic E-state index is 4.67. The van der Waals surface area contributed by atoms with Gasteiger partial charge >= 0.3 is 25.7 Å². The minimum absolute atomic E-state index is 0. The van der Waals surface area contributed by atoms with E-state index < -0.39 is 8.60 Å². The summed E-state index contributed by atoms with van der Waals surface area (Å²) in [6, 6.07) is 0. The average molecular weight is 292 g/mol. The summed E-state index contributed by atoms with van der Waals surface area (Å²) in [5.74, 6) is 0. The first kappa shape index (κ1) is 18.2. The van der Waals surface area contributed by atoms with E-state index in [1.54, 1.807) is 21.3 Å². The third-order valence-electron chi connectivity index (χ3n) is 0.447. The van der Waals surface area contributed by atoms with Gasteiger partial charge in [-0.15, -0.1) is 0 Å². The Labute approximate surface area is 88.2 Å². The van der Waals surface area contributed by atoms with Gasteiger partial charge in [0.1, 0.15) is 0 Å². The Hall–Kier alpha value is 1.37. The van der Waals surface area contributed by atoms with Crippen molar-refractivity contribution in [2.75, 3.05) is 21.3 Å². The van der Waals surface area contributed by atoms with Gasteiger partial charge in [-0.2, -0.15) is 3.84 Å². The first-order chi connectivity index (χ1) is 4.76. The van der Waals surface area contributed by atoms with Crippen molar-refractivity contribution < 1.29 is 17.4 Å². The third-order valence-corrected chi connectivity index (χ3v) is 1.34. The molecule has 0 atom stereocenters. The molecule has 0 unspecified atom stereocenters. The molecule has 0 spiro atoms. The van der Waals surface area contributed by atoms with Gasteiger partial charge in [0.15, 0.2) is 0 Å². The molecule has 4 nitrogen and oxygen atoms in total. The van der Waals surface area contributed by atoms with Gasteiger partial charge in [-0.05, 0) is 0 Å². The number of hydrogen-bond acceptors (Lipinski definition) is 4. The van der Waals surface area contributed by atoms with Crippen molar-refractivity contribution in [2.45, 2.75) is 0 Å². The van der Waals surface area contributed by atoms with Crippen molar-refractivity contribution in [1.82, 2.24) is 0 Å². The quantitative estimate of drug-likeness (QED) is 0.584. The van der Waals surface area contributed by atoms with Crippen LogP contribution in [0, 0.1) is 0 Å². The van der Waals surface area contributed by atoms with Gasteiger partial charge in [-0.25, -0.2) is 0 Å². The van der Waals surface area contributed by atoms with Gasteiger partial charge in [0.05, 0.1) is 23.7 Å². The van der Waals surface area contributed by atoms with Gasteiger partial charge in [-0.3, -0.25) is 0 Å². The Balaban J connectivity index is -0.000000140. The van der Waals surface area contributed by atoms with Crippen molar-refractivity contribution in [3.8, 4) is 0 Å². The van der Waals surface area contributed by atoms with Crippen LogP contribution in [0.15, 0.2) is 0 Å². The number of hydrogen-bond donors (Lipinski definition) is 0. The van der Waals surface area contributed by atoms with Crippen LogP contribution in [0.2, 0.25) is 0 Å². The van der Waals surface area contributed by atoms with Crippen molar-refractivity contribution in [3.63, 3.8) is 0 Å². The monoisotopic (exact) mass is 292 g/mol. The standard InChI is InChI=1S/C3H9O3P.Cl2O.H2Se/c1-4-7(5-2)6-3;1-3-2;/h1-3H3;;1H2. The van der Waals surface area contributed by atoms with Gasteiger partial charge < -0.3 is 13.6 Å². The molecule has 0 aromatic carbocycles. The zero-order chi connectivity index (χ0) is 8.41. The van der Waals surface area contributed by atoms with E-state index in [4.69, 9.17) is 0 Å². The first-order valence-corrected chi connectivity index (χ1v) is 3.79. The summed E-state index contributed by atoms with van der Waals surface area (Å²) in [4.78, 5) is 0. The Kier molecular flexibility index (Phi) is 28.9. The van der Waals surface area contributed by atoms with Gasteiger partial charge in [0.25, 0.3) is 0 Å². The van der Waals surface area contributed by atoms with Crippen LogP contribution in [0.1, 0.15) is 0 Å². The summed E-state index contributed by atoms with van der Waals surface area (Å²) >= 11 is 8.53. The second-order valence-electron chi connectivity index (χ2n) is 0.830. The van der Waals surface area contributed by atoms with E-state index in [9.17, 15) is 0 Å². The minimum atomic E-state index is -1.05. The molecule has 0 amide bonds. The fourth-order valence-corrected chi connectivity index (χ4v) is 0.671. The predicted octanol–water partition coefficient (Wildman–Crippen LogP) is 1.55. The van der Waals surface area contributed by atoms with Crippen LogP contribution < -0.4 is 0 Å². The molecule has 0 bridgehead atoms. The molecular weight excluding hydrogens is 281 g/mol. The van der Waals surface area contributed by atoms with Gasteiger partial charge in [-0.1, -0.05) is 0 Å². The van der Waals surface area contributed by atoms with E-state index in [2.05, 4.69) is 41.1 Å². The van der Waals surface area contributed by atoms with Crippen LogP contribution in [-0.4, -0.2) is 38.4 Å². The SMILES string of the molecule is COP(OC)OC.ClOCl.[SeH2]. The Morgan fingerprint density at radius 3 is 1.09 bits per heavy atom. The Morgan fingerprint density at radius 1 is 0.909 bits per heavy atom. The number of halogens is 2. The molecule has 11 heavy (non-hydrogen) atoms. The summed E-state index contributed by atoms with van der Waals surface area (Å²) in [6.45, 7) is 0. The molecule has 0 aliphatic heterocycles. The zero-order valence-electron chi connectivity index (χ0n) is 6.34. The Morgan fingerprint density at radius 2 is 1.09 bits per heavy atom. The van der Waals surface area contributed by atoms with Crippen LogP contribution in [0.4, 0.5) is 0 Å². The van der Waals surface area contributed by atoms with Gasteiger partial charge in [0, 0.05) is 21.3 Å². The molecule has 8 heteroatoms. The normalized spacial score (nSPS) is 8.18. The summed E-state index contributed by atoms with van der Waals surface area (Å²) in [5, 5.41) is 0. The molecule has 0 radical (unpaired) electrons. The van der Waals surface area contributed by atoms with E-state index in [1.165, 1.54) is 0 Å². The second-order valence-corrected chi connectivity index (χ2v) is 2.84. The zero-order valence-corrected chi connectivity index (χ0v) is 10.8. The van der Waals surface area contributed by atoms with Crippen molar-refractivity contribution >= 4 is 49.4 Å². The van der Waals surface area contributed by atoms with E-state index in [-0.39, 0.29) is 17.1 Å². The summed E-state index contributed by atoms with van der Waals surface area (Å²) in [6.07, 6.45) is 0. The molecule has 0 aliphatic rings. The van der Waals surface area contributed by atoms with Crippen LogP contribution in [0.25, 0.3) is 0 Å². The molecule has 0 heterocycles. The van der Waals surface area contributed by atoms with Crippen LogP contribution in [-0.2, 0) is 17.4 Å².